The lowest BCUT2D eigenvalue weighted by Gasteiger charge is -2.34. The van der Waals surface area contributed by atoms with E-state index in [1.54, 1.807) is 4.90 Å². The molecule has 2 aliphatic rings. The molecule has 1 saturated carbocycles. The van der Waals surface area contributed by atoms with Crippen molar-refractivity contribution in [3.8, 4) is 0 Å². The summed E-state index contributed by atoms with van der Waals surface area (Å²) < 4.78 is 4.97. The third-order valence-corrected chi connectivity index (χ3v) is 5.20. The molecular weight excluding hydrogens is 350 g/mol. The summed E-state index contributed by atoms with van der Waals surface area (Å²) in [4.78, 5) is 38.5. The van der Waals surface area contributed by atoms with Crippen molar-refractivity contribution in [2.45, 2.75) is 12.3 Å². The zero-order valence-electron chi connectivity index (χ0n) is 14.6. The Balaban J connectivity index is 1.32. The minimum absolute atomic E-state index is 0.0300. The Labute approximate surface area is 155 Å². The summed E-state index contributed by atoms with van der Waals surface area (Å²) in [6, 6.07) is 12.5. The summed E-state index contributed by atoms with van der Waals surface area (Å²) in [5.41, 5.74) is 1.20. The Morgan fingerprint density at radius 3 is 2.30 bits per heavy atom. The maximum absolute atomic E-state index is 12.7. The predicted molar refractivity (Wildman–Crippen MR) is 95.1 cm³/mol. The molecule has 2 aromatic rings. The fourth-order valence-corrected chi connectivity index (χ4v) is 3.60. The monoisotopic (exact) mass is 369 g/mol. The van der Waals surface area contributed by atoms with Gasteiger partial charge in [0, 0.05) is 32.1 Å². The summed E-state index contributed by atoms with van der Waals surface area (Å²) in [5, 5.41) is 10.7. The van der Waals surface area contributed by atoms with E-state index in [0.717, 1.165) is 6.42 Å². The second kappa shape index (κ2) is 6.86. The van der Waals surface area contributed by atoms with Gasteiger partial charge in [-0.05, 0) is 24.0 Å². The molecule has 4 rings (SSSR count). The Morgan fingerprint density at radius 1 is 1.00 bits per heavy atom. The van der Waals surface area contributed by atoms with E-state index >= 15 is 0 Å². The number of rotatable bonds is 4. The van der Waals surface area contributed by atoms with Crippen LogP contribution >= 0.6 is 0 Å². The highest BCUT2D eigenvalue weighted by molar-refractivity contribution is 5.92. The molecule has 0 unspecified atom stereocenters. The van der Waals surface area contributed by atoms with Crippen molar-refractivity contribution in [3.63, 3.8) is 0 Å². The molecule has 8 heteroatoms. The summed E-state index contributed by atoms with van der Waals surface area (Å²) in [7, 11) is 0. The molecular formula is C19H19N3O5. The van der Waals surface area contributed by atoms with E-state index in [2.05, 4.69) is 12.1 Å². The number of nitro groups is 1. The van der Waals surface area contributed by atoms with Crippen molar-refractivity contribution in [2.24, 2.45) is 5.92 Å². The van der Waals surface area contributed by atoms with Crippen molar-refractivity contribution in [3.05, 3.63) is 63.9 Å². The number of furan rings is 1. The highest BCUT2D eigenvalue weighted by atomic mass is 16.6. The highest BCUT2D eigenvalue weighted by Crippen LogP contribution is 2.48. The van der Waals surface area contributed by atoms with E-state index in [1.807, 2.05) is 23.1 Å². The second-order valence-electron chi connectivity index (χ2n) is 6.87. The fourth-order valence-electron chi connectivity index (χ4n) is 3.60. The Kier molecular flexibility index (Phi) is 4.39. The molecule has 2 amide bonds. The number of carbonyl (C=O) groups is 2. The van der Waals surface area contributed by atoms with Crippen molar-refractivity contribution in [2.75, 3.05) is 26.2 Å². The number of piperazine rings is 1. The smallest absolute Gasteiger partial charge is 0.395 e. The van der Waals surface area contributed by atoms with Crippen molar-refractivity contribution >= 4 is 17.7 Å². The average Bonchev–Trinajstić information content (AvgIpc) is 3.34. The van der Waals surface area contributed by atoms with Crippen LogP contribution in [0.25, 0.3) is 0 Å². The number of benzene rings is 1. The van der Waals surface area contributed by atoms with Gasteiger partial charge in [-0.15, -0.1) is 0 Å². The van der Waals surface area contributed by atoms with Crippen LogP contribution in [0.3, 0.4) is 0 Å². The first-order valence-corrected chi connectivity index (χ1v) is 8.92. The molecule has 1 aromatic carbocycles. The van der Waals surface area contributed by atoms with E-state index in [1.165, 1.54) is 17.7 Å². The molecule has 0 N–H and O–H groups in total. The van der Waals surface area contributed by atoms with Crippen molar-refractivity contribution in [1.29, 1.82) is 0 Å². The van der Waals surface area contributed by atoms with Gasteiger partial charge in [0.2, 0.25) is 5.91 Å². The molecule has 0 radical (unpaired) electrons. The number of nitrogens with zero attached hydrogens (tertiary/aromatic N) is 3. The lowest BCUT2D eigenvalue weighted by atomic mass is 10.1. The molecule has 140 valence electrons. The third kappa shape index (κ3) is 3.42. The van der Waals surface area contributed by atoms with Gasteiger partial charge in [-0.2, -0.15) is 0 Å². The summed E-state index contributed by atoms with van der Waals surface area (Å²) in [6.45, 7) is 1.71. The largest absolute Gasteiger partial charge is 0.433 e. The van der Waals surface area contributed by atoms with Crippen LogP contribution in [0.2, 0.25) is 0 Å². The number of carbonyl (C=O) groups excluding carboxylic acids is 2. The zero-order chi connectivity index (χ0) is 19.0. The van der Waals surface area contributed by atoms with Crippen LogP contribution in [0.5, 0.6) is 0 Å². The number of hydrogen-bond acceptors (Lipinski definition) is 5. The first-order valence-electron chi connectivity index (χ1n) is 8.92. The van der Waals surface area contributed by atoms with Gasteiger partial charge in [0.1, 0.15) is 4.92 Å². The molecule has 0 bridgehead atoms. The lowest BCUT2D eigenvalue weighted by molar-refractivity contribution is -0.402. The van der Waals surface area contributed by atoms with Crippen LogP contribution < -0.4 is 0 Å². The van der Waals surface area contributed by atoms with Gasteiger partial charge in [0.15, 0.2) is 5.76 Å². The van der Waals surface area contributed by atoms with Crippen LogP contribution in [0.1, 0.15) is 28.5 Å². The minimum Gasteiger partial charge on any atom is -0.395 e. The first kappa shape index (κ1) is 17.3. The SMILES string of the molecule is O=C(c1ccc([N+](=O)[O-])o1)N1CCN(C(=O)[C@H]2C[C@@H]2c2ccccc2)CC1. The Hall–Kier alpha value is -3.16. The van der Waals surface area contributed by atoms with Gasteiger partial charge >= 0.3 is 5.88 Å². The van der Waals surface area contributed by atoms with E-state index in [9.17, 15) is 19.7 Å². The predicted octanol–water partition coefficient (Wildman–Crippen LogP) is 2.28. The molecule has 1 aliphatic carbocycles. The highest BCUT2D eigenvalue weighted by Gasteiger charge is 2.46. The first-order chi connectivity index (χ1) is 13.0. The molecule has 2 fully saturated rings. The number of hydrogen-bond donors (Lipinski definition) is 0. The minimum atomic E-state index is -0.674. The van der Waals surface area contributed by atoms with Gasteiger partial charge in [-0.3, -0.25) is 19.7 Å². The second-order valence-corrected chi connectivity index (χ2v) is 6.87. The molecule has 27 heavy (non-hydrogen) atoms. The summed E-state index contributed by atoms with van der Waals surface area (Å²) in [6.07, 6.45) is 0.873. The molecule has 2 atom stereocenters. The van der Waals surface area contributed by atoms with Crippen molar-refractivity contribution < 1.29 is 18.9 Å². The van der Waals surface area contributed by atoms with E-state index in [-0.39, 0.29) is 23.5 Å². The molecule has 2 heterocycles. The molecule has 1 aliphatic heterocycles. The maximum atomic E-state index is 12.7. The Morgan fingerprint density at radius 2 is 1.67 bits per heavy atom. The number of amides is 2. The average molecular weight is 369 g/mol. The normalized spacial score (nSPS) is 21.8. The van der Waals surface area contributed by atoms with Gasteiger partial charge in [-0.1, -0.05) is 30.3 Å². The molecule has 1 aromatic heterocycles. The lowest BCUT2D eigenvalue weighted by Crippen LogP contribution is -2.51. The van der Waals surface area contributed by atoms with Crippen LogP contribution in [-0.4, -0.2) is 52.7 Å². The zero-order valence-corrected chi connectivity index (χ0v) is 14.6. The molecule has 8 nitrogen and oxygen atoms in total. The standard InChI is InChI=1S/C19H19N3O5/c23-18(15-12-14(15)13-4-2-1-3-5-13)20-8-10-21(11-9-20)19(24)16-6-7-17(27-16)22(25)26/h1-7,14-15H,8-12H2/t14-,15+/m1/s1. The quantitative estimate of drug-likeness (QED) is 0.608. The van der Waals surface area contributed by atoms with Crippen LogP contribution in [0, 0.1) is 16.0 Å². The third-order valence-electron chi connectivity index (χ3n) is 5.20. The van der Waals surface area contributed by atoms with Gasteiger partial charge in [0.05, 0.1) is 6.07 Å². The fraction of sp³-hybridized carbons (Fsp3) is 0.368. The Bertz CT molecular complexity index is 870. The van der Waals surface area contributed by atoms with Gasteiger partial charge < -0.3 is 14.2 Å². The summed E-state index contributed by atoms with van der Waals surface area (Å²) in [5.74, 6) is -0.418. The van der Waals surface area contributed by atoms with Gasteiger partial charge in [-0.25, -0.2) is 0 Å². The van der Waals surface area contributed by atoms with Crippen LogP contribution in [0.15, 0.2) is 46.9 Å². The molecule has 0 spiro atoms. The van der Waals surface area contributed by atoms with E-state index in [0.29, 0.717) is 32.1 Å². The van der Waals surface area contributed by atoms with Gasteiger partial charge in [0.25, 0.3) is 5.91 Å². The molecule has 1 saturated heterocycles. The van der Waals surface area contributed by atoms with Crippen LogP contribution in [-0.2, 0) is 4.79 Å². The van der Waals surface area contributed by atoms with E-state index < -0.39 is 10.8 Å². The van der Waals surface area contributed by atoms with E-state index in [4.69, 9.17) is 4.42 Å². The topological polar surface area (TPSA) is 96.9 Å². The van der Waals surface area contributed by atoms with Crippen molar-refractivity contribution in [1.82, 2.24) is 9.80 Å². The maximum Gasteiger partial charge on any atom is 0.433 e. The summed E-state index contributed by atoms with van der Waals surface area (Å²) >= 11 is 0. The van der Waals surface area contributed by atoms with Crippen LogP contribution in [0.4, 0.5) is 5.88 Å².